The summed E-state index contributed by atoms with van der Waals surface area (Å²) in [5.74, 6) is 2.48. The molecule has 2 N–H and O–H groups in total. The first-order chi connectivity index (χ1) is 12.6. The third kappa shape index (κ3) is 3.34. The highest BCUT2D eigenvalue weighted by atomic mass is 35.5. The molecule has 1 aromatic heterocycles. The highest BCUT2D eigenvalue weighted by Gasteiger charge is 2.14. The van der Waals surface area contributed by atoms with Crippen molar-refractivity contribution in [1.82, 2.24) is 9.97 Å². The van der Waals surface area contributed by atoms with E-state index < -0.39 is 0 Å². The summed E-state index contributed by atoms with van der Waals surface area (Å²) in [5, 5.41) is 7.27. The van der Waals surface area contributed by atoms with E-state index in [1.807, 2.05) is 37.3 Å². The number of aromatic nitrogens is 2. The molecule has 26 heavy (non-hydrogen) atoms. The van der Waals surface area contributed by atoms with E-state index in [0.717, 1.165) is 17.0 Å². The standard InChI is InChI=1S/C18H14Cl2N4O2/c1-10-8-21-18(22-11-5-6-14-15(7-11)26-9-25-14)24-17(10)23-13-4-2-3-12(19)16(13)20/h2-8H,9H2,1H3,(H2,21,22,23,24). The van der Waals surface area contributed by atoms with Crippen LogP contribution in [-0.4, -0.2) is 16.8 Å². The van der Waals surface area contributed by atoms with Crippen LogP contribution in [0.2, 0.25) is 10.0 Å². The molecule has 0 atom stereocenters. The van der Waals surface area contributed by atoms with Crippen molar-refractivity contribution in [3.63, 3.8) is 0 Å². The topological polar surface area (TPSA) is 68.3 Å². The largest absolute Gasteiger partial charge is 0.454 e. The van der Waals surface area contributed by atoms with Gasteiger partial charge in [0.15, 0.2) is 11.5 Å². The minimum atomic E-state index is 0.230. The Morgan fingerprint density at radius 2 is 1.88 bits per heavy atom. The second kappa shape index (κ2) is 6.90. The average molecular weight is 389 g/mol. The lowest BCUT2D eigenvalue weighted by Gasteiger charge is -2.12. The van der Waals surface area contributed by atoms with E-state index in [2.05, 4.69) is 20.6 Å². The molecule has 132 valence electrons. The first-order valence-electron chi connectivity index (χ1n) is 7.81. The summed E-state index contributed by atoms with van der Waals surface area (Å²) in [6, 6.07) is 10.9. The summed E-state index contributed by atoms with van der Waals surface area (Å²) in [6.07, 6.45) is 1.73. The van der Waals surface area contributed by atoms with Gasteiger partial charge in [-0.05, 0) is 31.2 Å². The van der Waals surface area contributed by atoms with Crippen LogP contribution in [0.15, 0.2) is 42.6 Å². The lowest BCUT2D eigenvalue weighted by atomic mass is 10.2. The predicted molar refractivity (Wildman–Crippen MR) is 102 cm³/mol. The summed E-state index contributed by atoms with van der Waals surface area (Å²) in [7, 11) is 0. The van der Waals surface area contributed by atoms with Crippen molar-refractivity contribution in [2.24, 2.45) is 0 Å². The molecule has 0 radical (unpaired) electrons. The zero-order valence-electron chi connectivity index (χ0n) is 13.7. The Hall–Kier alpha value is -2.70. The number of aryl methyl sites for hydroxylation is 1. The maximum absolute atomic E-state index is 6.24. The molecule has 0 amide bonds. The molecule has 0 saturated carbocycles. The van der Waals surface area contributed by atoms with Gasteiger partial charge in [0.25, 0.3) is 0 Å². The number of hydrogen-bond acceptors (Lipinski definition) is 6. The minimum absolute atomic E-state index is 0.230. The molecule has 0 fully saturated rings. The maximum Gasteiger partial charge on any atom is 0.231 e. The predicted octanol–water partition coefficient (Wildman–Crippen LogP) is 5.31. The van der Waals surface area contributed by atoms with E-state index in [1.54, 1.807) is 12.3 Å². The van der Waals surface area contributed by atoms with Crippen LogP contribution in [0.25, 0.3) is 0 Å². The molecule has 0 aliphatic carbocycles. The molecule has 3 aromatic rings. The van der Waals surface area contributed by atoms with Crippen molar-refractivity contribution in [3.8, 4) is 11.5 Å². The number of anilines is 4. The number of ether oxygens (including phenoxy) is 2. The van der Waals surface area contributed by atoms with Gasteiger partial charge in [-0.1, -0.05) is 29.3 Å². The molecule has 0 saturated heterocycles. The highest BCUT2D eigenvalue weighted by molar-refractivity contribution is 6.43. The van der Waals surface area contributed by atoms with Crippen LogP contribution in [0.5, 0.6) is 11.5 Å². The van der Waals surface area contributed by atoms with Crippen LogP contribution in [0, 0.1) is 6.92 Å². The summed E-state index contributed by atoms with van der Waals surface area (Å²) in [4.78, 5) is 8.84. The van der Waals surface area contributed by atoms with E-state index in [4.69, 9.17) is 32.7 Å². The van der Waals surface area contributed by atoms with Gasteiger partial charge in [-0.25, -0.2) is 4.98 Å². The lowest BCUT2D eigenvalue weighted by Crippen LogP contribution is -2.03. The molecule has 1 aliphatic heterocycles. The van der Waals surface area contributed by atoms with E-state index in [9.17, 15) is 0 Å². The fraction of sp³-hybridized carbons (Fsp3) is 0.111. The lowest BCUT2D eigenvalue weighted by molar-refractivity contribution is 0.174. The number of benzene rings is 2. The first-order valence-corrected chi connectivity index (χ1v) is 8.57. The van der Waals surface area contributed by atoms with Gasteiger partial charge >= 0.3 is 0 Å². The van der Waals surface area contributed by atoms with Crippen LogP contribution in [0.4, 0.5) is 23.1 Å². The van der Waals surface area contributed by atoms with E-state index in [1.165, 1.54) is 0 Å². The van der Waals surface area contributed by atoms with Crippen LogP contribution in [-0.2, 0) is 0 Å². The summed E-state index contributed by atoms with van der Waals surface area (Å²) in [5.41, 5.74) is 2.34. The Balaban J connectivity index is 1.59. The molecular formula is C18H14Cl2N4O2. The Morgan fingerprint density at radius 1 is 1.04 bits per heavy atom. The molecule has 0 bridgehead atoms. The van der Waals surface area contributed by atoms with Gasteiger partial charge in [0, 0.05) is 23.5 Å². The number of fused-ring (bicyclic) bond motifs is 1. The number of rotatable bonds is 4. The van der Waals surface area contributed by atoms with Crippen LogP contribution in [0.3, 0.4) is 0 Å². The van der Waals surface area contributed by atoms with Crippen molar-refractivity contribution < 1.29 is 9.47 Å². The minimum Gasteiger partial charge on any atom is -0.454 e. The second-order valence-electron chi connectivity index (χ2n) is 5.64. The van der Waals surface area contributed by atoms with E-state index in [0.29, 0.717) is 33.2 Å². The van der Waals surface area contributed by atoms with E-state index in [-0.39, 0.29) is 6.79 Å². The molecular weight excluding hydrogens is 375 g/mol. The highest BCUT2D eigenvalue weighted by Crippen LogP contribution is 2.35. The van der Waals surface area contributed by atoms with Gasteiger partial charge in [0.2, 0.25) is 12.7 Å². The quantitative estimate of drug-likeness (QED) is 0.631. The van der Waals surface area contributed by atoms with Gasteiger partial charge in [0.05, 0.1) is 15.7 Å². The zero-order chi connectivity index (χ0) is 18.1. The SMILES string of the molecule is Cc1cnc(Nc2ccc3c(c2)OCO3)nc1Nc1cccc(Cl)c1Cl. The third-order valence-corrected chi connectivity index (χ3v) is 4.62. The van der Waals surface area contributed by atoms with Crippen molar-refractivity contribution in [2.45, 2.75) is 6.92 Å². The van der Waals surface area contributed by atoms with E-state index >= 15 is 0 Å². The van der Waals surface area contributed by atoms with Gasteiger partial charge < -0.3 is 20.1 Å². The van der Waals surface area contributed by atoms with Gasteiger partial charge in [-0.2, -0.15) is 4.98 Å². The van der Waals surface area contributed by atoms with Crippen LogP contribution < -0.4 is 20.1 Å². The zero-order valence-corrected chi connectivity index (χ0v) is 15.2. The molecule has 8 heteroatoms. The Labute approximate surface area is 160 Å². The van der Waals surface area contributed by atoms with Gasteiger partial charge in [-0.3, -0.25) is 0 Å². The van der Waals surface area contributed by atoms with Crippen molar-refractivity contribution >= 4 is 46.3 Å². The van der Waals surface area contributed by atoms with Crippen molar-refractivity contribution in [3.05, 3.63) is 58.2 Å². The molecule has 0 unspecified atom stereocenters. The first kappa shape index (κ1) is 16.8. The number of halogens is 2. The average Bonchev–Trinajstić information content (AvgIpc) is 3.09. The maximum atomic E-state index is 6.24. The third-order valence-electron chi connectivity index (χ3n) is 3.81. The molecule has 2 heterocycles. The number of nitrogens with one attached hydrogen (secondary N) is 2. The fourth-order valence-corrected chi connectivity index (χ4v) is 2.81. The number of hydrogen-bond donors (Lipinski definition) is 2. The van der Waals surface area contributed by atoms with Gasteiger partial charge in [0.1, 0.15) is 5.82 Å². The number of nitrogens with zero attached hydrogens (tertiary/aromatic N) is 2. The van der Waals surface area contributed by atoms with Gasteiger partial charge in [-0.15, -0.1) is 0 Å². The normalized spacial score (nSPS) is 12.1. The van der Waals surface area contributed by atoms with Crippen LogP contribution in [0.1, 0.15) is 5.56 Å². The molecule has 4 rings (SSSR count). The summed E-state index contributed by atoms with van der Waals surface area (Å²) >= 11 is 12.3. The summed E-state index contributed by atoms with van der Waals surface area (Å²) in [6.45, 7) is 2.14. The Morgan fingerprint density at radius 3 is 2.77 bits per heavy atom. The monoisotopic (exact) mass is 388 g/mol. The smallest absolute Gasteiger partial charge is 0.231 e. The molecule has 2 aromatic carbocycles. The molecule has 6 nitrogen and oxygen atoms in total. The molecule has 1 aliphatic rings. The van der Waals surface area contributed by atoms with Crippen molar-refractivity contribution in [1.29, 1.82) is 0 Å². The fourth-order valence-electron chi connectivity index (χ4n) is 2.46. The van der Waals surface area contributed by atoms with Crippen LogP contribution >= 0.6 is 23.2 Å². The molecule has 0 spiro atoms. The van der Waals surface area contributed by atoms with Crippen molar-refractivity contribution in [2.75, 3.05) is 17.4 Å². The Kier molecular flexibility index (Phi) is 4.44. The second-order valence-corrected chi connectivity index (χ2v) is 6.43. The Bertz CT molecular complexity index is 981. The summed E-state index contributed by atoms with van der Waals surface area (Å²) < 4.78 is 10.7.